The van der Waals surface area contributed by atoms with E-state index in [4.69, 9.17) is 0 Å². The summed E-state index contributed by atoms with van der Waals surface area (Å²) in [5, 5.41) is 0. The van der Waals surface area contributed by atoms with Gasteiger partial charge in [0.1, 0.15) is 0 Å². The highest BCUT2D eigenvalue weighted by Crippen LogP contribution is 2.41. The maximum Gasteiger partial charge on any atom is 0.238 e. The summed E-state index contributed by atoms with van der Waals surface area (Å²) in [5.74, 6) is -0.137. The van der Waals surface area contributed by atoms with E-state index in [9.17, 15) is 13.2 Å². The van der Waals surface area contributed by atoms with Crippen LogP contribution < -0.4 is 4.72 Å². The molecule has 2 saturated heterocycles. The third-order valence-corrected chi connectivity index (χ3v) is 6.06. The number of likely N-dealkylation sites (N-methyl/N-ethyl adjacent to an activating group) is 1. The van der Waals surface area contributed by atoms with Crippen LogP contribution in [0.15, 0.2) is 30.3 Å². The summed E-state index contributed by atoms with van der Waals surface area (Å²) in [7, 11) is -1.25. The van der Waals surface area contributed by atoms with Crippen molar-refractivity contribution in [2.75, 3.05) is 26.4 Å². The normalized spacial score (nSPS) is 27.8. The lowest BCUT2D eigenvalue weighted by molar-refractivity contribution is -0.133. The van der Waals surface area contributed by atoms with Gasteiger partial charge in [-0.2, -0.15) is 0 Å². The number of sulfonamides is 1. The Morgan fingerprint density at radius 1 is 1.20 bits per heavy atom. The van der Waals surface area contributed by atoms with E-state index in [1.807, 2.05) is 23.1 Å². The van der Waals surface area contributed by atoms with Crippen molar-refractivity contribution in [3.05, 3.63) is 35.9 Å². The molecule has 1 aromatic rings. The highest BCUT2D eigenvalue weighted by atomic mass is 32.2. The minimum Gasteiger partial charge on any atom is -0.330 e. The highest BCUT2D eigenvalue weighted by Gasteiger charge is 2.46. The minimum absolute atomic E-state index is 0.00519. The SMILES string of the molecule is CN1CCCC[C@H]2[C@H]1C[C@@H](c1ccccc1)N2C(=O)CNS(C)(=O)=O. The van der Waals surface area contributed by atoms with Gasteiger partial charge in [0.15, 0.2) is 0 Å². The van der Waals surface area contributed by atoms with E-state index in [0.717, 1.165) is 44.0 Å². The largest absolute Gasteiger partial charge is 0.330 e. The van der Waals surface area contributed by atoms with Gasteiger partial charge in [-0.3, -0.25) is 4.79 Å². The lowest BCUT2D eigenvalue weighted by atomic mass is 10.0. The average molecular weight is 365 g/mol. The monoisotopic (exact) mass is 365 g/mol. The molecule has 138 valence electrons. The number of rotatable bonds is 4. The van der Waals surface area contributed by atoms with Gasteiger partial charge in [-0.05, 0) is 38.4 Å². The molecule has 0 radical (unpaired) electrons. The van der Waals surface area contributed by atoms with Gasteiger partial charge in [-0.15, -0.1) is 0 Å². The first-order valence-corrected chi connectivity index (χ1v) is 10.8. The van der Waals surface area contributed by atoms with Crippen LogP contribution in [0.25, 0.3) is 0 Å². The van der Waals surface area contributed by atoms with Crippen LogP contribution in [-0.2, 0) is 14.8 Å². The summed E-state index contributed by atoms with van der Waals surface area (Å²) in [6, 6.07) is 10.5. The van der Waals surface area contributed by atoms with Crippen molar-refractivity contribution in [1.82, 2.24) is 14.5 Å². The van der Waals surface area contributed by atoms with E-state index in [0.29, 0.717) is 6.04 Å². The second-order valence-corrected chi connectivity index (χ2v) is 9.00. The van der Waals surface area contributed by atoms with Crippen molar-refractivity contribution in [3.8, 4) is 0 Å². The number of nitrogens with one attached hydrogen (secondary N) is 1. The van der Waals surface area contributed by atoms with Crippen molar-refractivity contribution in [1.29, 1.82) is 0 Å². The third-order valence-electron chi connectivity index (χ3n) is 5.39. The summed E-state index contributed by atoms with van der Waals surface area (Å²) in [5.41, 5.74) is 1.12. The molecule has 0 saturated carbocycles. The maximum atomic E-state index is 12.9. The van der Waals surface area contributed by atoms with Gasteiger partial charge in [0.05, 0.1) is 18.8 Å². The van der Waals surface area contributed by atoms with E-state index in [1.165, 1.54) is 0 Å². The lowest BCUT2D eigenvalue weighted by Crippen LogP contribution is -2.47. The molecule has 2 aliphatic rings. The molecule has 0 bridgehead atoms. The van der Waals surface area contributed by atoms with E-state index >= 15 is 0 Å². The van der Waals surface area contributed by atoms with Gasteiger partial charge in [0, 0.05) is 12.1 Å². The fraction of sp³-hybridized carbons (Fsp3) is 0.611. The smallest absolute Gasteiger partial charge is 0.238 e. The quantitative estimate of drug-likeness (QED) is 0.875. The van der Waals surface area contributed by atoms with E-state index in [1.54, 1.807) is 0 Å². The molecule has 6 nitrogen and oxygen atoms in total. The van der Waals surface area contributed by atoms with Crippen LogP contribution in [0.5, 0.6) is 0 Å². The Morgan fingerprint density at radius 2 is 1.92 bits per heavy atom. The first-order valence-electron chi connectivity index (χ1n) is 8.88. The standard InChI is InChI=1S/C18H27N3O3S/c1-20-11-7-6-10-15-17(20)12-16(14-8-4-3-5-9-14)21(15)18(22)13-19-25(2,23)24/h3-5,8-9,15-17,19H,6-7,10-13H2,1-2H3/t15-,16-,17+/m0/s1. The molecule has 2 fully saturated rings. The Hall–Kier alpha value is -1.44. The molecular formula is C18H27N3O3S. The number of hydrogen-bond donors (Lipinski definition) is 1. The molecule has 25 heavy (non-hydrogen) atoms. The Bertz CT molecular complexity index is 708. The van der Waals surface area contributed by atoms with Crippen LogP contribution in [-0.4, -0.2) is 62.6 Å². The van der Waals surface area contributed by atoms with Crippen molar-refractivity contribution >= 4 is 15.9 Å². The van der Waals surface area contributed by atoms with E-state index in [2.05, 4.69) is 28.8 Å². The molecule has 2 heterocycles. The molecule has 0 spiro atoms. The van der Waals surface area contributed by atoms with Crippen molar-refractivity contribution in [2.45, 2.75) is 43.8 Å². The van der Waals surface area contributed by atoms with Crippen molar-refractivity contribution in [2.24, 2.45) is 0 Å². The number of fused-ring (bicyclic) bond motifs is 1. The molecule has 3 rings (SSSR count). The van der Waals surface area contributed by atoms with Gasteiger partial charge < -0.3 is 9.80 Å². The summed E-state index contributed by atoms with van der Waals surface area (Å²) in [4.78, 5) is 17.2. The summed E-state index contributed by atoms with van der Waals surface area (Å²) in [6.45, 7) is 0.876. The third kappa shape index (κ3) is 4.22. The van der Waals surface area contributed by atoms with Gasteiger partial charge >= 0.3 is 0 Å². The Labute approximate surface area is 150 Å². The van der Waals surface area contributed by atoms with Crippen molar-refractivity contribution in [3.63, 3.8) is 0 Å². The highest BCUT2D eigenvalue weighted by molar-refractivity contribution is 7.88. The molecule has 0 aromatic heterocycles. The maximum absolute atomic E-state index is 12.9. The summed E-state index contributed by atoms with van der Waals surface area (Å²) < 4.78 is 25.2. The Kier molecular flexibility index (Phi) is 5.46. The zero-order valence-electron chi connectivity index (χ0n) is 14.9. The van der Waals surface area contributed by atoms with Crippen molar-refractivity contribution < 1.29 is 13.2 Å². The molecule has 1 aromatic carbocycles. The fourth-order valence-corrected chi connectivity index (χ4v) is 4.60. The topological polar surface area (TPSA) is 69.7 Å². The number of amides is 1. The Balaban J connectivity index is 1.89. The number of nitrogens with zero attached hydrogens (tertiary/aromatic N) is 2. The van der Waals surface area contributed by atoms with Crippen LogP contribution in [0.3, 0.4) is 0 Å². The van der Waals surface area contributed by atoms with E-state index < -0.39 is 10.0 Å². The zero-order valence-corrected chi connectivity index (χ0v) is 15.7. The first kappa shape index (κ1) is 18.4. The van der Waals surface area contributed by atoms with E-state index in [-0.39, 0.29) is 24.5 Å². The molecule has 7 heteroatoms. The number of carbonyl (C=O) groups excluding carboxylic acids is 1. The average Bonchev–Trinajstić information content (AvgIpc) is 2.87. The number of likely N-dealkylation sites (tertiary alicyclic amines) is 2. The van der Waals surface area contributed by atoms with Gasteiger partial charge in [0.25, 0.3) is 0 Å². The number of carbonyl (C=O) groups is 1. The molecule has 0 aliphatic carbocycles. The molecule has 0 unspecified atom stereocenters. The van der Waals surface area contributed by atoms with Crippen LogP contribution in [0.4, 0.5) is 0 Å². The Morgan fingerprint density at radius 3 is 2.60 bits per heavy atom. The van der Waals surface area contributed by atoms with Gasteiger partial charge in [-0.1, -0.05) is 36.8 Å². The number of benzene rings is 1. The predicted molar refractivity (Wildman–Crippen MR) is 97.5 cm³/mol. The van der Waals surface area contributed by atoms with Crippen LogP contribution in [0, 0.1) is 0 Å². The second-order valence-electron chi connectivity index (χ2n) is 7.17. The van der Waals surface area contributed by atoms with Gasteiger partial charge in [0.2, 0.25) is 15.9 Å². The second kappa shape index (κ2) is 7.43. The lowest BCUT2D eigenvalue weighted by Gasteiger charge is -2.33. The molecular weight excluding hydrogens is 338 g/mol. The molecule has 2 aliphatic heterocycles. The summed E-state index contributed by atoms with van der Waals surface area (Å²) in [6.07, 6.45) is 5.19. The number of hydrogen-bond acceptors (Lipinski definition) is 4. The van der Waals surface area contributed by atoms with Crippen LogP contribution in [0.1, 0.15) is 37.3 Å². The fourth-order valence-electron chi connectivity index (χ4n) is 4.22. The summed E-state index contributed by atoms with van der Waals surface area (Å²) >= 11 is 0. The van der Waals surface area contributed by atoms with Crippen LogP contribution in [0.2, 0.25) is 0 Å². The first-order chi connectivity index (χ1) is 11.9. The van der Waals surface area contributed by atoms with Gasteiger partial charge in [-0.25, -0.2) is 13.1 Å². The predicted octanol–water partition coefficient (Wildman–Crippen LogP) is 1.36. The molecule has 1 amide bonds. The minimum atomic E-state index is -3.39. The molecule has 3 atom stereocenters. The van der Waals surface area contributed by atoms with Crippen LogP contribution >= 0.6 is 0 Å². The molecule has 1 N–H and O–H groups in total. The zero-order chi connectivity index (χ0) is 18.0.